The number of pyridine rings is 1. The number of nitrogens with one attached hydrogen (secondary N) is 1. The molecule has 1 aliphatic rings. The zero-order valence-corrected chi connectivity index (χ0v) is 22.1. The first kappa shape index (κ1) is 26.8. The van der Waals surface area contributed by atoms with Crippen molar-refractivity contribution in [3.05, 3.63) is 112 Å². The summed E-state index contributed by atoms with van der Waals surface area (Å²) in [5.74, 6) is 0.651. The second kappa shape index (κ2) is 11.1. The summed E-state index contributed by atoms with van der Waals surface area (Å²) in [5.41, 5.74) is 4.60. The van der Waals surface area contributed by atoms with E-state index in [1.807, 2.05) is 60.4 Å². The molecule has 0 amide bonds. The van der Waals surface area contributed by atoms with E-state index < -0.39 is 11.7 Å². The van der Waals surface area contributed by atoms with Gasteiger partial charge in [-0.15, -0.1) is 0 Å². The van der Waals surface area contributed by atoms with Crippen LogP contribution in [0.5, 0.6) is 0 Å². The summed E-state index contributed by atoms with van der Waals surface area (Å²) in [6, 6.07) is 21.1. The fourth-order valence-electron chi connectivity index (χ4n) is 4.79. The molecular formula is C31H27ClF3N3O. The molecule has 0 unspecified atom stereocenters. The van der Waals surface area contributed by atoms with Gasteiger partial charge in [0, 0.05) is 48.4 Å². The molecule has 0 saturated carbocycles. The minimum absolute atomic E-state index is 0.0345. The molecule has 0 saturated heterocycles. The molecule has 1 N–H and O–H groups in total. The van der Waals surface area contributed by atoms with Gasteiger partial charge in [-0.25, -0.2) is 4.98 Å². The van der Waals surface area contributed by atoms with Crippen LogP contribution < -0.4 is 10.2 Å². The van der Waals surface area contributed by atoms with Crippen molar-refractivity contribution in [2.24, 2.45) is 0 Å². The van der Waals surface area contributed by atoms with E-state index >= 15 is 0 Å². The van der Waals surface area contributed by atoms with Gasteiger partial charge in [0.25, 0.3) is 0 Å². The molecule has 4 nitrogen and oxygen atoms in total. The normalized spacial score (nSPS) is 13.1. The highest BCUT2D eigenvalue weighted by atomic mass is 35.5. The maximum absolute atomic E-state index is 13.7. The topological polar surface area (TPSA) is 45.2 Å². The predicted octanol–water partition coefficient (Wildman–Crippen LogP) is 7.98. The minimum atomic E-state index is -4.48. The van der Waals surface area contributed by atoms with Crippen molar-refractivity contribution < 1.29 is 18.0 Å². The average molecular weight is 550 g/mol. The first-order chi connectivity index (χ1) is 18.7. The number of nitrogens with zero attached hydrogens (tertiary/aromatic N) is 2. The average Bonchev–Trinajstić information content (AvgIpc) is 2.92. The Labute approximate surface area is 230 Å². The lowest BCUT2D eigenvalue weighted by Crippen LogP contribution is -2.34. The van der Waals surface area contributed by atoms with Crippen LogP contribution in [0.4, 0.5) is 24.7 Å². The van der Waals surface area contributed by atoms with E-state index in [4.69, 9.17) is 11.6 Å². The molecule has 0 aliphatic carbocycles. The molecule has 8 heteroatoms. The van der Waals surface area contributed by atoms with Gasteiger partial charge in [0.1, 0.15) is 5.82 Å². The molecule has 0 atom stereocenters. The van der Waals surface area contributed by atoms with Gasteiger partial charge < -0.3 is 10.2 Å². The highest BCUT2D eigenvalue weighted by molar-refractivity contribution is 6.30. The van der Waals surface area contributed by atoms with Crippen molar-refractivity contribution in [3.63, 3.8) is 0 Å². The van der Waals surface area contributed by atoms with Crippen molar-refractivity contribution in [1.82, 2.24) is 4.98 Å². The summed E-state index contributed by atoms with van der Waals surface area (Å²) in [4.78, 5) is 19.4. The van der Waals surface area contributed by atoms with Crippen LogP contribution >= 0.6 is 11.6 Å². The van der Waals surface area contributed by atoms with Gasteiger partial charge in [0.05, 0.1) is 11.3 Å². The molecule has 1 aliphatic heterocycles. The van der Waals surface area contributed by atoms with Crippen LogP contribution in [0.1, 0.15) is 39.0 Å². The summed E-state index contributed by atoms with van der Waals surface area (Å²) < 4.78 is 41.0. The van der Waals surface area contributed by atoms with Crippen LogP contribution in [0.2, 0.25) is 5.02 Å². The Bertz CT molecular complexity index is 1500. The molecule has 1 aromatic heterocycles. The maximum atomic E-state index is 13.7. The zero-order valence-electron chi connectivity index (χ0n) is 21.4. The van der Waals surface area contributed by atoms with Gasteiger partial charge in [-0.2, -0.15) is 13.2 Å². The Hall–Kier alpha value is -3.84. The van der Waals surface area contributed by atoms with Crippen molar-refractivity contribution >= 4 is 28.9 Å². The molecule has 200 valence electrons. The number of benzene rings is 3. The second-order valence-corrected chi connectivity index (χ2v) is 10.2. The highest BCUT2D eigenvalue weighted by Crippen LogP contribution is 2.37. The Morgan fingerprint density at radius 1 is 1.03 bits per heavy atom. The van der Waals surface area contributed by atoms with Crippen molar-refractivity contribution in [1.29, 1.82) is 0 Å². The fraction of sp³-hybridized carbons (Fsp3) is 0.226. The van der Waals surface area contributed by atoms with Crippen molar-refractivity contribution in [3.8, 4) is 11.1 Å². The zero-order chi connectivity index (χ0) is 27.6. The van der Waals surface area contributed by atoms with E-state index in [1.165, 1.54) is 17.7 Å². The number of Topliss-reactive ketones (excluding diaryl/α,β-unsaturated/α-hetero) is 1. The number of fused-ring (bicyclic) bond motifs is 1. The van der Waals surface area contributed by atoms with E-state index in [2.05, 4.69) is 10.3 Å². The standard InChI is InChI=1S/C31H27ClF3N3O/c1-20-5-7-21(8-6-20)9-12-29(39)23-4-2-3-22(15-23)24-17-28-30(37-18-24)36-13-14-38(28)19-25-16-26(32)10-11-27(25)31(33,34)35/h2-8,10-11,15-18H,9,12-14,19H2,1H3,(H,36,37). The van der Waals surface area contributed by atoms with Crippen LogP contribution in [-0.4, -0.2) is 23.9 Å². The number of rotatable bonds is 7. The molecule has 4 aromatic rings. The van der Waals surface area contributed by atoms with Crippen LogP contribution in [0.15, 0.2) is 79.0 Å². The molecule has 2 heterocycles. The summed E-state index contributed by atoms with van der Waals surface area (Å²) in [7, 11) is 0. The highest BCUT2D eigenvalue weighted by Gasteiger charge is 2.34. The molecule has 39 heavy (non-hydrogen) atoms. The van der Waals surface area contributed by atoms with E-state index in [9.17, 15) is 18.0 Å². The van der Waals surface area contributed by atoms with Crippen molar-refractivity contribution in [2.45, 2.75) is 32.5 Å². The van der Waals surface area contributed by atoms with Gasteiger partial charge >= 0.3 is 6.18 Å². The molecule has 0 spiro atoms. The third kappa shape index (κ3) is 6.25. The Balaban J connectivity index is 1.39. The number of alkyl halides is 3. The summed E-state index contributed by atoms with van der Waals surface area (Å²) in [5, 5.41) is 3.48. The molecule has 5 rings (SSSR count). The van der Waals surface area contributed by atoms with Gasteiger partial charge in [0.15, 0.2) is 5.78 Å². The van der Waals surface area contributed by atoms with Gasteiger partial charge in [0.2, 0.25) is 0 Å². The number of ketones is 1. The lowest BCUT2D eigenvalue weighted by molar-refractivity contribution is -0.138. The Kier molecular flexibility index (Phi) is 7.62. The largest absolute Gasteiger partial charge is 0.416 e. The van der Waals surface area contributed by atoms with Gasteiger partial charge in [-0.1, -0.05) is 59.6 Å². The van der Waals surface area contributed by atoms with Crippen LogP contribution in [0, 0.1) is 6.92 Å². The molecule has 3 aromatic carbocycles. The van der Waals surface area contributed by atoms with Crippen LogP contribution in [-0.2, 0) is 19.1 Å². The fourth-order valence-corrected chi connectivity index (χ4v) is 4.98. The number of hydrogen-bond acceptors (Lipinski definition) is 4. The van der Waals surface area contributed by atoms with Crippen LogP contribution in [0.3, 0.4) is 0 Å². The summed E-state index contributed by atoms with van der Waals surface area (Å²) >= 11 is 6.06. The van der Waals surface area contributed by atoms with Crippen LogP contribution in [0.25, 0.3) is 11.1 Å². The number of aryl methyl sites for hydroxylation is 2. The minimum Gasteiger partial charge on any atom is -0.367 e. The number of hydrogen-bond donors (Lipinski definition) is 1. The molecule has 0 fully saturated rings. The summed E-state index contributed by atoms with van der Waals surface area (Å²) in [6.07, 6.45) is -1.71. The third-order valence-electron chi connectivity index (χ3n) is 6.90. The number of halogens is 4. The number of carbonyl (C=O) groups is 1. The Morgan fingerprint density at radius 3 is 2.59 bits per heavy atom. The first-order valence-corrected chi connectivity index (χ1v) is 13.1. The Morgan fingerprint density at radius 2 is 1.82 bits per heavy atom. The monoisotopic (exact) mass is 549 g/mol. The van der Waals surface area contributed by atoms with E-state index in [1.54, 1.807) is 12.3 Å². The second-order valence-electron chi connectivity index (χ2n) is 9.73. The molecule has 0 bridgehead atoms. The third-order valence-corrected chi connectivity index (χ3v) is 7.13. The van der Waals surface area contributed by atoms with Gasteiger partial charge in [-0.3, -0.25) is 4.79 Å². The lowest BCUT2D eigenvalue weighted by atomic mass is 9.98. The lowest BCUT2D eigenvalue weighted by Gasteiger charge is -2.32. The van der Waals surface area contributed by atoms with Gasteiger partial charge in [-0.05, 0) is 60.4 Å². The molecule has 0 radical (unpaired) electrons. The number of anilines is 2. The quantitative estimate of drug-likeness (QED) is 0.237. The first-order valence-electron chi connectivity index (χ1n) is 12.7. The SMILES string of the molecule is Cc1ccc(CCC(=O)c2cccc(-c3cnc4c(c3)N(Cc3cc(Cl)ccc3C(F)(F)F)CCN4)c2)cc1. The molecular weight excluding hydrogens is 523 g/mol. The van der Waals surface area contributed by atoms with Crippen molar-refractivity contribution in [2.75, 3.05) is 23.3 Å². The van der Waals surface area contributed by atoms with E-state index in [-0.39, 0.29) is 22.9 Å². The van der Waals surface area contributed by atoms with E-state index in [0.717, 1.165) is 22.8 Å². The summed E-state index contributed by atoms with van der Waals surface area (Å²) in [6.45, 7) is 3.11. The smallest absolute Gasteiger partial charge is 0.367 e. The van der Waals surface area contributed by atoms with E-state index in [0.29, 0.717) is 43.0 Å². The number of aromatic nitrogens is 1. The predicted molar refractivity (Wildman–Crippen MR) is 149 cm³/mol. The number of carbonyl (C=O) groups excluding carboxylic acids is 1. The maximum Gasteiger partial charge on any atom is 0.416 e.